The fourth-order valence-corrected chi connectivity index (χ4v) is 2.46. The summed E-state index contributed by atoms with van der Waals surface area (Å²) >= 11 is 5.62. The highest BCUT2D eigenvalue weighted by atomic mass is 35.5. The lowest BCUT2D eigenvalue weighted by Gasteiger charge is -2.14. The van der Waals surface area contributed by atoms with E-state index in [1.807, 2.05) is 24.3 Å². The summed E-state index contributed by atoms with van der Waals surface area (Å²) in [6, 6.07) is 7.82. The molecular formula is C14H16ClN5. The monoisotopic (exact) mass is 289 g/mol. The Morgan fingerprint density at radius 2 is 2.05 bits per heavy atom. The first kappa shape index (κ1) is 13.1. The van der Waals surface area contributed by atoms with E-state index in [0.29, 0.717) is 5.84 Å². The average Bonchev–Trinajstić information content (AvgIpc) is 2.92. The van der Waals surface area contributed by atoms with Crippen LogP contribution in [0.15, 0.2) is 29.3 Å². The second kappa shape index (κ2) is 5.63. The van der Waals surface area contributed by atoms with Gasteiger partial charge in [0.05, 0.1) is 11.6 Å². The number of amidine groups is 1. The Morgan fingerprint density at radius 1 is 1.25 bits per heavy atom. The summed E-state index contributed by atoms with van der Waals surface area (Å²) in [5.41, 5.74) is 7.47. The number of aliphatic imine (C=N–C) groups is 1. The standard InChI is InChI=1S/C14H16ClN5/c15-9-12(16)17-11-6-4-10(5-7-11)14-19-18-13-3-1-2-8-20(13)14/h4-7H,1-3,8-9H2,(H2,16,17). The van der Waals surface area contributed by atoms with Crippen LogP contribution in [0.1, 0.15) is 18.7 Å². The third kappa shape index (κ3) is 2.54. The zero-order valence-corrected chi connectivity index (χ0v) is 11.8. The van der Waals surface area contributed by atoms with E-state index in [2.05, 4.69) is 19.8 Å². The Morgan fingerprint density at radius 3 is 2.80 bits per heavy atom. The smallest absolute Gasteiger partial charge is 0.163 e. The average molecular weight is 290 g/mol. The van der Waals surface area contributed by atoms with Crippen LogP contribution < -0.4 is 5.73 Å². The van der Waals surface area contributed by atoms with Crippen LogP contribution >= 0.6 is 11.6 Å². The van der Waals surface area contributed by atoms with Crippen molar-refractivity contribution in [2.24, 2.45) is 10.7 Å². The van der Waals surface area contributed by atoms with Crippen molar-refractivity contribution in [1.29, 1.82) is 0 Å². The molecule has 3 rings (SSSR count). The molecule has 0 saturated carbocycles. The Hall–Kier alpha value is -1.88. The number of aryl methyl sites for hydroxylation is 1. The molecule has 2 heterocycles. The number of alkyl halides is 1. The number of benzene rings is 1. The SMILES string of the molecule is NC(CCl)=Nc1ccc(-c2nnc3n2CCCC3)cc1. The number of nitrogens with zero attached hydrogens (tertiary/aromatic N) is 4. The number of rotatable bonds is 3. The van der Waals surface area contributed by atoms with Crippen molar-refractivity contribution >= 4 is 23.1 Å². The third-order valence-electron chi connectivity index (χ3n) is 3.39. The number of aromatic nitrogens is 3. The van der Waals surface area contributed by atoms with Crippen LogP contribution in [-0.4, -0.2) is 26.5 Å². The molecule has 20 heavy (non-hydrogen) atoms. The van der Waals surface area contributed by atoms with Crippen LogP contribution in [0.5, 0.6) is 0 Å². The van der Waals surface area contributed by atoms with Crippen LogP contribution in [0.25, 0.3) is 11.4 Å². The van der Waals surface area contributed by atoms with Gasteiger partial charge in [-0.05, 0) is 37.1 Å². The van der Waals surface area contributed by atoms with E-state index in [0.717, 1.165) is 35.9 Å². The zero-order valence-electron chi connectivity index (χ0n) is 11.1. The molecule has 0 fully saturated rings. The Kier molecular flexibility index (Phi) is 3.69. The van der Waals surface area contributed by atoms with Gasteiger partial charge in [-0.3, -0.25) is 0 Å². The van der Waals surface area contributed by atoms with Gasteiger partial charge in [-0.15, -0.1) is 21.8 Å². The maximum Gasteiger partial charge on any atom is 0.163 e. The van der Waals surface area contributed by atoms with Gasteiger partial charge >= 0.3 is 0 Å². The van der Waals surface area contributed by atoms with E-state index < -0.39 is 0 Å². The topological polar surface area (TPSA) is 69.1 Å². The van der Waals surface area contributed by atoms with Gasteiger partial charge in [-0.25, -0.2) is 4.99 Å². The molecule has 2 N–H and O–H groups in total. The number of hydrogen-bond acceptors (Lipinski definition) is 3. The molecule has 0 bridgehead atoms. The largest absolute Gasteiger partial charge is 0.386 e. The molecule has 6 heteroatoms. The van der Waals surface area contributed by atoms with Crippen LogP contribution in [0.3, 0.4) is 0 Å². The molecule has 0 radical (unpaired) electrons. The lowest BCUT2D eigenvalue weighted by molar-refractivity contribution is 0.526. The van der Waals surface area contributed by atoms with E-state index in [-0.39, 0.29) is 5.88 Å². The summed E-state index contributed by atoms with van der Waals surface area (Å²) in [7, 11) is 0. The summed E-state index contributed by atoms with van der Waals surface area (Å²) in [6.45, 7) is 0.997. The first-order valence-corrected chi connectivity index (χ1v) is 7.23. The first-order valence-electron chi connectivity index (χ1n) is 6.69. The first-order chi connectivity index (χ1) is 9.78. The van der Waals surface area contributed by atoms with Gasteiger partial charge in [-0.2, -0.15) is 0 Å². The molecule has 0 saturated heterocycles. The minimum Gasteiger partial charge on any atom is -0.386 e. The molecule has 0 amide bonds. The van der Waals surface area contributed by atoms with Gasteiger partial charge in [0.2, 0.25) is 0 Å². The molecule has 1 aromatic carbocycles. The Balaban J connectivity index is 1.90. The maximum absolute atomic E-state index is 5.62. The van der Waals surface area contributed by atoms with Crippen molar-refractivity contribution in [2.45, 2.75) is 25.8 Å². The molecule has 104 valence electrons. The zero-order chi connectivity index (χ0) is 13.9. The summed E-state index contributed by atoms with van der Waals surface area (Å²) in [4.78, 5) is 4.21. The fourth-order valence-electron chi connectivity index (χ4n) is 2.40. The molecular weight excluding hydrogens is 274 g/mol. The van der Waals surface area contributed by atoms with E-state index >= 15 is 0 Å². The van der Waals surface area contributed by atoms with E-state index in [9.17, 15) is 0 Å². The van der Waals surface area contributed by atoms with E-state index in [4.69, 9.17) is 17.3 Å². The van der Waals surface area contributed by atoms with Crippen molar-refractivity contribution < 1.29 is 0 Å². The molecule has 0 atom stereocenters. The molecule has 1 aliphatic rings. The fraction of sp³-hybridized carbons (Fsp3) is 0.357. The maximum atomic E-state index is 5.62. The third-order valence-corrected chi connectivity index (χ3v) is 3.67. The summed E-state index contributed by atoms with van der Waals surface area (Å²) in [5, 5.41) is 8.57. The van der Waals surface area contributed by atoms with Gasteiger partial charge in [0, 0.05) is 18.5 Å². The van der Waals surface area contributed by atoms with Gasteiger partial charge in [0.1, 0.15) is 11.7 Å². The molecule has 1 aromatic heterocycles. The number of nitrogens with two attached hydrogens (primary N) is 1. The van der Waals surface area contributed by atoms with E-state index in [1.54, 1.807) is 0 Å². The minimum absolute atomic E-state index is 0.236. The van der Waals surface area contributed by atoms with Crippen LogP contribution in [0.2, 0.25) is 0 Å². The highest BCUT2D eigenvalue weighted by Crippen LogP contribution is 2.24. The van der Waals surface area contributed by atoms with Crippen molar-refractivity contribution in [1.82, 2.24) is 14.8 Å². The number of hydrogen-bond donors (Lipinski definition) is 1. The Bertz CT molecular complexity index is 630. The molecule has 0 unspecified atom stereocenters. The lowest BCUT2D eigenvalue weighted by Crippen LogP contribution is -2.12. The Labute approximate surface area is 122 Å². The van der Waals surface area contributed by atoms with Gasteiger partial charge in [-0.1, -0.05) is 0 Å². The van der Waals surface area contributed by atoms with Crippen LogP contribution in [-0.2, 0) is 13.0 Å². The highest BCUT2D eigenvalue weighted by Gasteiger charge is 2.16. The molecule has 5 nitrogen and oxygen atoms in total. The van der Waals surface area contributed by atoms with Gasteiger partial charge < -0.3 is 10.3 Å². The second-order valence-corrected chi connectivity index (χ2v) is 5.10. The van der Waals surface area contributed by atoms with Crippen molar-refractivity contribution in [2.75, 3.05) is 5.88 Å². The van der Waals surface area contributed by atoms with E-state index in [1.165, 1.54) is 12.8 Å². The lowest BCUT2D eigenvalue weighted by atomic mass is 10.1. The van der Waals surface area contributed by atoms with Crippen molar-refractivity contribution in [3.8, 4) is 11.4 Å². The molecule has 1 aliphatic heterocycles. The summed E-state index contributed by atoms with van der Waals surface area (Å²) in [6.07, 6.45) is 3.40. The van der Waals surface area contributed by atoms with Crippen LogP contribution in [0, 0.1) is 0 Å². The highest BCUT2D eigenvalue weighted by molar-refractivity contribution is 6.28. The van der Waals surface area contributed by atoms with Gasteiger partial charge in [0.25, 0.3) is 0 Å². The van der Waals surface area contributed by atoms with Crippen molar-refractivity contribution in [3.63, 3.8) is 0 Å². The normalized spacial score (nSPS) is 15.2. The second-order valence-electron chi connectivity index (χ2n) is 4.83. The number of fused-ring (bicyclic) bond motifs is 1. The molecule has 2 aromatic rings. The quantitative estimate of drug-likeness (QED) is 0.536. The molecule has 0 aliphatic carbocycles. The summed E-state index contributed by atoms with van der Waals surface area (Å²) in [5.74, 6) is 2.67. The van der Waals surface area contributed by atoms with Gasteiger partial charge in [0.15, 0.2) is 5.82 Å². The van der Waals surface area contributed by atoms with Crippen molar-refractivity contribution in [3.05, 3.63) is 30.1 Å². The van der Waals surface area contributed by atoms with Crippen LogP contribution in [0.4, 0.5) is 5.69 Å². The molecule has 0 spiro atoms. The predicted octanol–water partition coefficient (Wildman–Crippen LogP) is 2.51. The predicted molar refractivity (Wildman–Crippen MR) is 80.4 cm³/mol. The minimum atomic E-state index is 0.236. The number of halogens is 1. The summed E-state index contributed by atoms with van der Waals surface area (Å²) < 4.78 is 2.20.